The topological polar surface area (TPSA) is 70.6 Å². The Morgan fingerprint density at radius 1 is 0.938 bits per heavy atom. The Bertz CT molecular complexity index is 976. The molecule has 166 valence electrons. The minimum Gasteiger partial charge on any atom is -0.489 e. The first-order chi connectivity index (χ1) is 15.8. The first kappa shape index (κ1) is 21.8. The van der Waals surface area contributed by atoms with Crippen LogP contribution in [0.2, 0.25) is 0 Å². The van der Waals surface area contributed by atoms with Gasteiger partial charge in [0.25, 0.3) is 5.91 Å². The fraction of sp³-hybridized carbons (Fsp3) is 0.320. The van der Waals surface area contributed by atoms with Gasteiger partial charge in [0.2, 0.25) is 5.95 Å². The summed E-state index contributed by atoms with van der Waals surface area (Å²) in [6, 6.07) is 19.2. The van der Waals surface area contributed by atoms with Gasteiger partial charge < -0.3 is 15.0 Å². The van der Waals surface area contributed by atoms with E-state index < -0.39 is 0 Å². The highest BCUT2D eigenvalue weighted by atomic mass is 16.5. The van der Waals surface area contributed by atoms with Crippen LogP contribution in [0.15, 0.2) is 73.1 Å². The maximum atomic E-state index is 12.5. The number of carbonyl (C=O) groups excluding carboxylic acids is 1. The molecule has 1 aromatic heterocycles. The molecule has 7 nitrogen and oxygen atoms in total. The van der Waals surface area contributed by atoms with Crippen LogP contribution in [0.4, 0.5) is 5.95 Å². The number of anilines is 1. The minimum absolute atomic E-state index is 0.0683. The van der Waals surface area contributed by atoms with Gasteiger partial charge in [-0.2, -0.15) is 0 Å². The molecule has 7 heteroatoms. The van der Waals surface area contributed by atoms with Gasteiger partial charge in [-0.1, -0.05) is 36.4 Å². The van der Waals surface area contributed by atoms with Gasteiger partial charge in [0.05, 0.1) is 0 Å². The lowest BCUT2D eigenvalue weighted by atomic mass is 10.2. The molecule has 0 spiro atoms. The van der Waals surface area contributed by atoms with Crippen molar-refractivity contribution in [1.29, 1.82) is 0 Å². The summed E-state index contributed by atoms with van der Waals surface area (Å²) in [6.45, 7) is 5.90. The summed E-state index contributed by atoms with van der Waals surface area (Å²) in [5.41, 5.74) is 1.71. The maximum absolute atomic E-state index is 12.5. The molecule has 32 heavy (non-hydrogen) atoms. The van der Waals surface area contributed by atoms with Crippen molar-refractivity contribution in [2.24, 2.45) is 0 Å². The number of amides is 1. The molecular weight excluding hydrogens is 402 g/mol. The van der Waals surface area contributed by atoms with E-state index in [0.29, 0.717) is 24.5 Å². The molecule has 0 aliphatic carbocycles. The third kappa shape index (κ3) is 6.28. The largest absolute Gasteiger partial charge is 0.489 e. The standard InChI is InChI=1S/C25H29N5O2/c31-24(22-9-4-10-23(19-22)32-20-21-7-2-1-3-8-21)26-13-6-14-29-15-17-30(18-16-29)25-27-11-5-12-28-25/h1-5,7-12,19H,6,13-18,20H2,(H,26,31). The zero-order valence-corrected chi connectivity index (χ0v) is 18.2. The SMILES string of the molecule is O=C(NCCCN1CCN(c2ncccn2)CC1)c1cccc(OCc2ccccc2)c1. The van der Waals surface area contributed by atoms with Crippen LogP contribution < -0.4 is 15.0 Å². The van der Waals surface area contributed by atoms with Crippen molar-refractivity contribution in [2.45, 2.75) is 13.0 Å². The smallest absolute Gasteiger partial charge is 0.251 e. The molecule has 0 saturated carbocycles. The van der Waals surface area contributed by atoms with Crippen LogP contribution in [0, 0.1) is 0 Å². The van der Waals surface area contributed by atoms with Crippen molar-refractivity contribution in [3.63, 3.8) is 0 Å². The third-order valence-corrected chi connectivity index (χ3v) is 5.49. The molecule has 1 amide bonds. The number of piperazine rings is 1. The molecule has 0 unspecified atom stereocenters. The van der Waals surface area contributed by atoms with Crippen LogP contribution in [0.25, 0.3) is 0 Å². The Labute approximate surface area is 189 Å². The average molecular weight is 432 g/mol. The van der Waals surface area contributed by atoms with E-state index in [9.17, 15) is 4.79 Å². The van der Waals surface area contributed by atoms with E-state index in [1.165, 1.54) is 0 Å². The molecule has 0 atom stereocenters. The maximum Gasteiger partial charge on any atom is 0.251 e. The normalized spacial score (nSPS) is 14.2. The van der Waals surface area contributed by atoms with Gasteiger partial charge in [0, 0.05) is 50.7 Å². The number of carbonyl (C=O) groups is 1. The van der Waals surface area contributed by atoms with Crippen molar-refractivity contribution in [3.05, 3.63) is 84.2 Å². The highest BCUT2D eigenvalue weighted by Gasteiger charge is 2.18. The van der Waals surface area contributed by atoms with Crippen molar-refractivity contribution in [2.75, 3.05) is 44.2 Å². The monoisotopic (exact) mass is 431 g/mol. The number of hydrogen-bond acceptors (Lipinski definition) is 6. The molecule has 1 saturated heterocycles. The van der Waals surface area contributed by atoms with E-state index in [2.05, 4.69) is 25.1 Å². The van der Waals surface area contributed by atoms with Crippen molar-refractivity contribution < 1.29 is 9.53 Å². The molecule has 1 N–H and O–H groups in total. The fourth-order valence-corrected chi connectivity index (χ4v) is 3.70. The molecule has 4 rings (SSSR count). The van der Waals surface area contributed by atoms with Crippen LogP contribution in [-0.4, -0.2) is 60.0 Å². The number of rotatable bonds is 9. The predicted octanol–water partition coefficient (Wildman–Crippen LogP) is 3.00. The number of aromatic nitrogens is 2. The Morgan fingerprint density at radius 3 is 2.50 bits per heavy atom. The summed E-state index contributed by atoms with van der Waals surface area (Å²) in [5, 5.41) is 3.02. The minimum atomic E-state index is -0.0683. The van der Waals surface area contributed by atoms with Crippen LogP contribution >= 0.6 is 0 Å². The van der Waals surface area contributed by atoms with E-state index in [1.807, 2.05) is 54.6 Å². The van der Waals surface area contributed by atoms with Gasteiger partial charge in [-0.15, -0.1) is 0 Å². The summed E-state index contributed by atoms with van der Waals surface area (Å²) >= 11 is 0. The second-order valence-corrected chi connectivity index (χ2v) is 7.79. The Hall–Kier alpha value is -3.45. The summed E-state index contributed by atoms with van der Waals surface area (Å²) < 4.78 is 5.83. The summed E-state index contributed by atoms with van der Waals surface area (Å²) in [4.78, 5) is 25.8. The Balaban J connectivity index is 1.15. The quantitative estimate of drug-likeness (QED) is 0.525. The lowest BCUT2D eigenvalue weighted by molar-refractivity contribution is 0.0951. The van der Waals surface area contributed by atoms with Crippen molar-refractivity contribution >= 4 is 11.9 Å². The van der Waals surface area contributed by atoms with Crippen LogP contribution in [0.5, 0.6) is 5.75 Å². The number of benzene rings is 2. The molecule has 0 radical (unpaired) electrons. The van der Waals surface area contributed by atoms with E-state index in [1.54, 1.807) is 18.5 Å². The van der Waals surface area contributed by atoms with Gasteiger partial charge in [0.1, 0.15) is 12.4 Å². The van der Waals surface area contributed by atoms with Gasteiger partial charge in [-0.05, 0) is 42.8 Å². The molecule has 1 aliphatic heterocycles. The number of nitrogens with zero attached hydrogens (tertiary/aromatic N) is 4. The molecular formula is C25H29N5O2. The Morgan fingerprint density at radius 2 is 1.72 bits per heavy atom. The van der Waals surface area contributed by atoms with Crippen molar-refractivity contribution in [3.8, 4) is 5.75 Å². The lowest BCUT2D eigenvalue weighted by Gasteiger charge is -2.34. The van der Waals surface area contributed by atoms with Crippen LogP contribution in [-0.2, 0) is 6.61 Å². The molecule has 2 heterocycles. The summed E-state index contributed by atoms with van der Waals surface area (Å²) in [7, 11) is 0. The van der Waals surface area contributed by atoms with Crippen LogP contribution in [0.1, 0.15) is 22.3 Å². The zero-order valence-electron chi connectivity index (χ0n) is 18.2. The molecule has 2 aromatic carbocycles. The lowest BCUT2D eigenvalue weighted by Crippen LogP contribution is -2.47. The van der Waals surface area contributed by atoms with Gasteiger partial charge in [-0.25, -0.2) is 9.97 Å². The van der Waals surface area contributed by atoms with E-state index >= 15 is 0 Å². The molecule has 0 bridgehead atoms. The second-order valence-electron chi connectivity index (χ2n) is 7.79. The Kier molecular flexibility index (Phi) is 7.65. The van der Waals surface area contributed by atoms with Gasteiger partial charge in [0.15, 0.2) is 0 Å². The highest BCUT2D eigenvalue weighted by Crippen LogP contribution is 2.15. The average Bonchev–Trinajstić information content (AvgIpc) is 2.87. The van der Waals surface area contributed by atoms with Gasteiger partial charge >= 0.3 is 0 Å². The predicted molar refractivity (Wildman–Crippen MR) is 125 cm³/mol. The zero-order chi connectivity index (χ0) is 22.0. The summed E-state index contributed by atoms with van der Waals surface area (Å²) in [5.74, 6) is 1.43. The first-order valence-electron chi connectivity index (χ1n) is 11.1. The molecule has 1 aliphatic rings. The van der Waals surface area contributed by atoms with Crippen molar-refractivity contribution in [1.82, 2.24) is 20.2 Å². The van der Waals surface area contributed by atoms with Gasteiger partial charge in [-0.3, -0.25) is 9.69 Å². The first-order valence-corrected chi connectivity index (χ1v) is 11.1. The third-order valence-electron chi connectivity index (χ3n) is 5.49. The van der Waals surface area contributed by atoms with E-state index in [4.69, 9.17) is 4.74 Å². The molecule has 3 aromatic rings. The summed E-state index contributed by atoms with van der Waals surface area (Å²) in [6.07, 6.45) is 4.47. The number of nitrogens with one attached hydrogen (secondary N) is 1. The van der Waals surface area contributed by atoms with E-state index in [-0.39, 0.29) is 5.91 Å². The number of ether oxygens (including phenoxy) is 1. The number of hydrogen-bond donors (Lipinski definition) is 1. The van der Waals surface area contributed by atoms with Crippen LogP contribution in [0.3, 0.4) is 0 Å². The fourth-order valence-electron chi connectivity index (χ4n) is 3.70. The highest BCUT2D eigenvalue weighted by molar-refractivity contribution is 5.94. The van der Waals surface area contributed by atoms with E-state index in [0.717, 1.165) is 50.7 Å². The molecule has 1 fully saturated rings. The second kappa shape index (κ2) is 11.2.